The average Bonchev–Trinajstić information content (AvgIpc) is 2.58. The lowest BCUT2D eigenvalue weighted by atomic mass is 10.1. The van der Waals surface area contributed by atoms with Crippen LogP contribution in [0, 0.1) is 0 Å². The lowest BCUT2D eigenvalue weighted by molar-refractivity contribution is -0.137. The molecule has 6 heteroatoms. The van der Waals surface area contributed by atoms with Crippen LogP contribution in [-0.2, 0) is 4.79 Å². The molecule has 0 aromatic carbocycles. The van der Waals surface area contributed by atoms with Crippen LogP contribution in [-0.4, -0.2) is 52.1 Å². The van der Waals surface area contributed by atoms with E-state index < -0.39 is 5.97 Å². The molecule has 1 aliphatic heterocycles. The van der Waals surface area contributed by atoms with Gasteiger partial charge in [0.2, 0.25) is 0 Å². The molecule has 0 saturated carbocycles. The highest BCUT2D eigenvalue weighted by atomic mass is 32.2. The molecular formula is C15H28N2O3S. The highest BCUT2D eigenvalue weighted by Crippen LogP contribution is 2.30. The minimum Gasteiger partial charge on any atom is -0.481 e. The molecular weight excluding hydrogens is 288 g/mol. The van der Waals surface area contributed by atoms with Crippen LogP contribution in [0.25, 0.3) is 0 Å². The number of carbonyl (C=O) groups is 2. The van der Waals surface area contributed by atoms with Crippen LogP contribution in [0.2, 0.25) is 0 Å². The number of rotatable bonds is 7. The molecule has 0 bridgehead atoms. The first-order valence-electron chi connectivity index (χ1n) is 7.79. The topological polar surface area (TPSA) is 69.6 Å². The van der Waals surface area contributed by atoms with Gasteiger partial charge in [-0.05, 0) is 19.3 Å². The van der Waals surface area contributed by atoms with Gasteiger partial charge in [-0.25, -0.2) is 4.79 Å². The Morgan fingerprint density at radius 3 is 2.62 bits per heavy atom. The number of amides is 2. The van der Waals surface area contributed by atoms with Crippen LogP contribution < -0.4 is 5.32 Å². The van der Waals surface area contributed by atoms with Gasteiger partial charge in [-0.3, -0.25) is 4.79 Å². The van der Waals surface area contributed by atoms with Crippen LogP contribution in [0.4, 0.5) is 4.79 Å². The fourth-order valence-corrected chi connectivity index (χ4v) is 3.39. The Hall–Kier alpha value is -0.910. The van der Waals surface area contributed by atoms with Crippen molar-refractivity contribution in [2.24, 2.45) is 0 Å². The first kappa shape index (κ1) is 18.1. The monoisotopic (exact) mass is 316 g/mol. The summed E-state index contributed by atoms with van der Waals surface area (Å²) in [6.07, 6.45) is 4.79. The molecule has 0 aromatic heterocycles. The summed E-state index contributed by atoms with van der Waals surface area (Å²) in [6.45, 7) is 6.79. The predicted molar refractivity (Wildman–Crippen MR) is 86.8 cm³/mol. The second-order valence-corrected chi connectivity index (χ2v) is 7.94. The van der Waals surface area contributed by atoms with Crippen LogP contribution in [0.3, 0.4) is 0 Å². The van der Waals surface area contributed by atoms with Gasteiger partial charge in [0.1, 0.15) is 0 Å². The van der Waals surface area contributed by atoms with Crippen molar-refractivity contribution in [3.8, 4) is 0 Å². The molecule has 2 amide bonds. The molecule has 0 atom stereocenters. The van der Waals surface area contributed by atoms with Crippen molar-refractivity contribution in [1.82, 2.24) is 10.2 Å². The van der Waals surface area contributed by atoms with E-state index in [2.05, 4.69) is 19.2 Å². The summed E-state index contributed by atoms with van der Waals surface area (Å²) >= 11 is 1.93. The van der Waals surface area contributed by atoms with E-state index >= 15 is 0 Å². The van der Waals surface area contributed by atoms with Crippen LogP contribution in [0.5, 0.6) is 0 Å². The quantitative estimate of drug-likeness (QED) is 0.709. The zero-order valence-corrected chi connectivity index (χ0v) is 14.0. The summed E-state index contributed by atoms with van der Waals surface area (Å²) in [7, 11) is 0. The fraction of sp³-hybridized carbons (Fsp3) is 0.867. The Kier molecular flexibility index (Phi) is 7.93. The zero-order chi connectivity index (χ0) is 15.7. The molecule has 21 heavy (non-hydrogen) atoms. The van der Waals surface area contributed by atoms with Gasteiger partial charge in [-0.15, -0.1) is 0 Å². The summed E-state index contributed by atoms with van der Waals surface area (Å²) in [5.41, 5.74) is 0. The lowest BCUT2D eigenvalue weighted by Gasteiger charge is -2.23. The molecule has 1 fully saturated rings. The Balaban J connectivity index is 2.09. The molecule has 0 unspecified atom stereocenters. The highest BCUT2D eigenvalue weighted by molar-refractivity contribution is 8.00. The lowest BCUT2D eigenvalue weighted by Crippen LogP contribution is -2.41. The SMILES string of the molecule is CC1(C)CCN(C(=O)NCCCCCCC(=O)O)CCS1. The normalized spacial score (nSPS) is 18.1. The molecule has 1 saturated heterocycles. The number of aliphatic carboxylic acids is 1. The van der Waals surface area contributed by atoms with E-state index in [1.807, 2.05) is 16.7 Å². The molecule has 1 heterocycles. The predicted octanol–water partition coefficient (Wildman–Crippen LogP) is 2.95. The number of hydrogen-bond acceptors (Lipinski definition) is 3. The van der Waals surface area contributed by atoms with Gasteiger partial charge in [0.05, 0.1) is 0 Å². The van der Waals surface area contributed by atoms with E-state index in [0.29, 0.717) is 6.54 Å². The van der Waals surface area contributed by atoms with Crippen LogP contribution in [0.1, 0.15) is 52.4 Å². The summed E-state index contributed by atoms with van der Waals surface area (Å²) in [5, 5.41) is 11.5. The number of carboxylic acid groups (broad SMARTS) is 1. The van der Waals surface area contributed by atoms with E-state index in [1.54, 1.807) is 0 Å². The fourth-order valence-electron chi connectivity index (χ4n) is 2.29. The van der Waals surface area contributed by atoms with Crippen molar-refractivity contribution in [2.75, 3.05) is 25.4 Å². The minimum atomic E-state index is -0.731. The van der Waals surface area contributed by atoms with Gasteiger partial charge in [-0.2, -0.15) is 11.8 Å². The average molecular weight is 316 g/mol. The second-order valence-electron chi connectivity index (χ2n) is 6.14. The number of nitrogens with zero attached hydrogens (tertiary/aromatic N) is 1. The highest BCUT2D eigenvalue weighted by Gasteiger charge is 2.25. The molecule has 5 nitrogen and oxygen atoms in total. The summed E-state index contributed by atoms with van der Waals surface area (Å²) in [6, 6.07) is 0.0406. The van der Waals surface area contributed by atoms with Crippen molar-refractivity contribution in [3.63, 3.8) is 0 Å². The Labute approximate surface area is 131 Å². The third-order valence-corrected chi connectivity index (χ3v) is 5.09. The van der Waals surface area contributed by atoms with Crippen molar-refractivity contribution in [3.05, 3.63) is 0 Å². The third kappa shape index (κ3) is 8.19. The smallest absolute Gasteiger partial charge is 0.317 e. The maximum atomic E-state index is 12.1. The van der Waals surface area contributed by atoms with Gasteiger partial charge in [0.15, 0.2) is 0 Å². The molecule has 2 N–H and O–H groups in total. The van der Waals surface area contributed by atoms with Crippen LogP contribution >= 0.6 is 11.8 Å². The second kappa shape index (κ2) is 9.18. The number of unbranched alkanes of at least 4 members (excludes halogenated alkanes) is 3. The van der Waals surface area contributed by atoms with Gasteiger partial charge in [-0.1, -0.05) is 26.7 Å². The molecule has 0 spiro atoms. The van der Waals surface area contributed by atoms with E-state index in [9.17, 15) is 9.59 Å². The Morgan fingerprint density at radius 2 is 1.90 bits per heavy atom. The van der Waals surface area contributed by atoms with E-state index in [4.69, 9.17) is 5.11 Å². The van der Waals surface area contributed by atoms with Crippen molar-refractivity contribution >= 4 is 23.8 Å². The molecule has 1 aliphatic rings. The number of carbonyl (C=O) groups excluding carboxylic acids is 1. The minimum absolute atomic E-state index is 0.0406. The van der Waals surface area contributed by atoms with Crippen molar-refractivity contribution in [2.45, 2.75) is 57.1 Å². The zero-order valence-electron chi connectivity index (χ0n) is 13.2. The van der Waals surface area contributed by atoms with Crippen molar-refractivity contribution in [1.29, 1.82) is 0 Å². The van der Waals surface area contributed by atoms with Crippen molar-refractivity contribution < 1.29 is 14.7 Å². The maximum absolute atomic E-state index is 12.1. The number of carboxylic acids is 1. The summed E-state index contributed by atoms with van der Waals surface area (Å²) in [5.74, 6) is 0.264. The molecule has 0 aromatic rings. The molecule has 0 radical (unpaired) electrons. The van der Waals surface area contributed by atoms with E-state index in [0.717, 1.165) is 50.9 Å². The number of hydrogen-bond donors (Lipinski definition) is 2. The van der Waals surface area contributed by atoms with E-state index in [1.165, 1.54) is 0 Å². The first-order valence-corrected chi connectivity index (χ1v) is 8.78. The van der Waals surface area contributed by atoms with Gasteiger partial charge < -0.3 is 15.3 Å². The standard InChI is InChI=1S/C15H28N2O3S/c1-15(2)8-10-17(11-12-21-15)14(20)16-9-6-4-3-5-7-13(18)19/h3-12H2,1-2H3,(H,16,20)(H,18,19). The molecule has 122 valence electrons. The summed E-state index contributed by atoms with van der Waals surface area (Å²) in [4.78, 5) is 24.3. The number of urea groups is 1. The van der Waals surface area contributed by atoms with Gasteiger partial charge in [0.25, 0.3) is 0 Å². The van der Waals surface area contributed by atoms with E-state index in [-0.39, 0.29) is 17.2 Å². The Bertz CT molecular complexity index is 348. The third-order valence-electron chi connectivity index (χ3n) is 3.72. The first-order chi connectivity index (χ1) is 9.91. The molecule has 1 rings (SSSR count). The maximum Gasteiger partial charge on any atom is 0.317 e. The number of thioether (sulfide) groups is 1. The number of nitrogens with one attached hydrogen (secondary N) is 1. The van der Waals surface area contributed by atoms with Gasteiger partial charge >= 0.3 is 12.0 Å². The largest absolute Gasteiger partial charge is 0.481 e. The summed E-state index contributed by atoms with van der Waals surface area (Å²) < 4.78 is 0.263. The van der Waals surface area contributed by atoms with Crippen LogP contribution in [0.15, 0.2) is 0 Å². The molecule has 0 aliphatic carbocycles. The van der Waals surface area contributed by atoms with Gasteiger partial charge in [0, 0.05) is 36.6 Å². The Morgan fingerprint density at radius 1 is 1.19 bits per heavy atom.